The molecule has 1 heterocycles. The molecule has 0 radical (unpaired) electrons. The number of hydrogen-bond donors (Lipinski definition) is 1. The van der Waals surface area contributed by atoms with E-state index in [4.69, 9.17) is 4.74 Å². The van der Waals surface area contributed by atoms with Crippen molar-refractivity contribution in [3.05, 3.63) is 30.9 Å². The molecule has 0 atom stereocenters. The van der Waals surface area contributed by atoms with Crippen molar-refractivity contribution < 1.29 is 4.74 Å². The van der Waals surface area contributed by atoms with Gasteiger partial charge in [0.05, 0.1) is 13.2 Å². The number of imidazole rings is 1. The van der Waals surface area contributed by atoms with Gasteiger partial charge in [-0.15, -0.1) is 6.58 Å². The van der Waals surface area contributed by atoms with E-state index in [1.54, 1.807) is 0 Å². The Morgan fingerprint density at radius 2 is 2.38 bits per heavy atom. The maximum absolute atomic E-state index is 5.38. The van der Waals surface area contributed by atoms with Crippen LogP contribution in [0.3, 0.4) is 0 Å². The molecule has 0 fully saturated rings. The van der Waals surface area contributed by atoms with E-state index in [-0.39, 0.29) is 0 Å². The van der Waals surface area contributed by atoms with E-state index in [1.165, 1.54) is 0 Å². The van der Waals surface area contributed by atoms with Crippen molar-refractivity contribution in [2.24, 2.45) is 0 Å². The van der Waals surface area contributed by atoms with E-state index < -0.39 is 0 Å². The summed E-state index contributed by atoms with van der Waals surface area (Å²) in [5, 5.41) is 3.33. The number of ether oxygens (including phenoxy) is 1. The average molecular weight is 223 g/mol. The van der Waals surface area contributed by atoms with E-state index in [9.17, 15) is 0 Å². The highest BCUT2D eigenvalue weighted by Crippen LogP contribution is 1.93. The standard InChI is InChI=1S/C12H21N3O/c1-3-4-10-16-11-7-13-5-8-15-9-6-14-12(15)2/h3,6,9,13H,1,4-5,7-8,10-11H2,2H3. The van der Waals surface area contributed by atoms with Crippen LogP contribution in [0.5, 0.6) is 0 Å². The molecule has 0 saturated heterocycles. The molecule has 0 aliphatic heterocycles. The molecule has 16 heavy (non-hydrogen) atoms. The summed E-state index contributed by atoms with van der Waals surface area (Å²) in [6, 6.07) is 0. The zero-order valence-electron chi connectivity index (χ0n) is 9.98. The number of aromatic nitrogens is 2. The maximum Gasteiger partial charge on any atom is 0.105 e. The third-order valence-electron chi connectivity index (χ3n) is 2.34. The van der Waals surface area contributed by atoms with Crippen molar-refractivity contribution in [3.63, 3.8) is 0 Å². The summed E-state index contributed by atoms with van der Waals surface area (Å²) >= 11 is 0. The van der Waals surface area contributed by atoms with Crippen molar-refractivity contribution in [2.45, 2.75) is 19.9 Å². The molecule has 1 N–H and O–H groups in total. The van der Waals surface area contributed by atoms with Crippen molar-refractivity contribution in [1.82, 2.24) is 14.9 Å². The van der Waals surface area contributed by atoms with Crippen LogP contribution in [-0.2, 0) is 11.3 Å². The summed E-state index contributed by atoms with van der Waals surface area (Å²) in [6.45, 7) is 9.98. The summed E-state index contributed by atoms with van der Waals surface area (Å²) < 4.78 is 7.51. The Hall–Kier alpha value is -1.13. The van der Waals surface area contributed by atoms with Gasteiger partial charge < -0.3 is 14.6 Å². The first-order valence-corrected chi connectivity index (χ1v) is 5.71. The fourth-order valence-corrected chi connectivity index (χ4v) is 1.38. The Labute approximate surface area is 97.3 Å². The van der Waals surface area contributed by atoms with Crippen LogP contribution < -0.4 is 5.32 Å². The predicted molar refractivity (Wildman–Crippen MR) is 65.5 cm³/mol. The summed E-state index contributed by atoms with van der Waals surface area (Å²) in [5.41, 5.74) is 0. The normalized spacial score (nSPS) is 10.6. The van der Waals surface area contributed by atoms with Crippen molar-refractivity contribution in [3.8, 4) is 0 Å². The molecule has 0 bridgehead atoms. The molecule has 0 saturated carbocycles. The van der Waals surface area contributed by atoms with Gasteiger partial charge in [-0.3, -0.25) is 0 Å². The fourth-order valence-electron chi connectivity index (χ4n) is 1.38. The Balaban J connectivity index is 1.92. The van der Waals surface area contributed by atoms with Crippen LogP contribution in [0.2, 0.25) is 0 Å². The average Bonchev–Trinajstić information content (AvgIpc) is 2.68. The van der Waals surface area contributed by atoms with Crippen LogP contribution in [0.1, 0.15) is 12.2 Å². The molecule has 4 nitrogen and oxygen atoms in total. The zero-order chi connectivity index (χ0) is 11.6. The highest BCUT2D eigenvalue weighted by molar-refractivity contribution is 4.88. The molecule has 0 amide bonds. The number of nitrogens with zero attached hydrogens (tertiary/aromatic N) is 2. The minimum atomic E-state index is 0.761. The smallest absolute Gasteiger partial charge is 0.105 e. The second-order valence-corrected chi connectivity index (χ2v) is 3.61. The molecule has 1 aromatic rings. The van der Waals surface area contributed by atoms with Crippen molar-refractivity contribution >= 4 is 0 Å². The summed E-state index contributed by atoms with van der Waals surface area (Å²) in [6.07, 6.45) is 6.62. The quantitative estimate of drug-likeness (QED) is 0.508. The Morgan fingerprint density at radius 1 is 1.50 bits per heavy atom. The lowest BCUT2D eigenvalue weighted by atomic mass is 10.4. The van der Waals surface area contributed by atoms with Crippen LogP contribution >= 0.6 is 0 Å². The minimum absolute atomic E-state index is 0.761. The molecule has 0 unspecified atom stereocenters. The Morgan fingerprint density at radius 3 is 3.06 bits per heavy atom. The molecule has 90 valence electrons. The summed E-state index contributed by atoms with van der Waals surface area (Å²) in [5.74, 6) is 1.06. The molecule has 0 aromatic carbocycles. The van der Waals surface area contributed by atoms with Crippen LogP contribution in [-0.4, -0.2) is 35.9 Å². The van der Waals surface area contributed by atoms with E-state index in [0.29, 0.717) is 0 Å². The van der Waals surface area contributed by atoms with Crippen LogP contribution in [0.4, 0.5) is 0 Å². The molecular weight excluding hydrogens is 202 g/mol. The first-order valence-electron chi connectivity index (χ1n) is 5.71. The molecule has 0 aliphatic carbocycles. The topological polar surface area (TPSA) is 39.1 Å². The fraction of sp³-hybridized carbons (Fsp3) is 0.583. The lowest BCUT2D eigenvalue weighted by Crippen LogP contribution is -2.24. The number of hydrogen-bond acceptors (Lipinski definition) is 3. The Bertz CT molecular complexity index is 296. The summed E-state index contributed by atoms with van der Waals surface area (Å²) in [7, 11) is 0. The van der Waals surface area contributed by atoms with Gasteiger partial charge in [-0.2, -0.15) is 0 Å². The minimum Gasteiger partial charge on any atom is -0.380 e. The predicted octanol–water partition coefficient (Wildman–Crippen LogP) is 1.37. The van der Waals surface area contributed by atoms with Gasteiger partial charge in [0.1, 0.15) is 5.82 Å². The van der Waals surface area contributed by atoms with Crippen molar-refractivity contribution in [1.29, 1.82) is 0 Å². The largest absolute Gasteiger partial charge is 0.380 e. The van der Waals surface area contributed by atoms with Gasteiger partial charge in [0.25, 0.3) is 0 Å². The van der Waals surface area contributed by atoms with Gasteiger partial charge >= 0.3 is 0 Å². The van der Waals surface area contributed by atoms with E-state index >= 15 is 0 Å². The van der Waals surface area contributed by atoms with E-state index in [2.05, 4.69) is 21.4 Å². The molecule has 0 spiro atoms. The second kappa shape index (κ2) is 8.07. The van der Waals surface area contributed by atoms with Crippen LogP contribution in [0.25, 0.3) is 0 Å². The number of aryl methyl sites for hydroxylation is 1. The van der Waals surface area contributed by atoms with Crippen LogP contribution in [0, 0.1) is 6.92 Å². The van der Waals surface area contributed by atoms with Gasteiger partial charge in [-0.1, -0.05) is 6.08 Å². The summed E-state index contributed by atoms with van der Waals surface area (Å²) in [4.78, 5) is 4.17. The third-order valence-corrected chi connectivity index (χ3v) is 2.34. The third kappa shape index (κ3) is 5.09. The molecule has 4 heteroatoms. The van der Waals surface area contributed by atoms with E-state index in [0.717, 1.165) is 45.1 Å². The van der Waals surface area contributed by atoms with Crippen molar-refractivity contribution in [2.75, 3.05) is 26.3 Å². The van der Waals surface area contributed by atoms with E-state index in [1.807, 2.05) is 25.4 Å². The first kappa shape index (κ1) is 12.9. The SMILES string of the molecule is C=CCCOCCNCCn1ccnc1C. The monoisotopic (exact) mass is 223 g/mol. The molecule has 0 aliphatic rings. The molecular formula is C12H21N3O. The lowest BCUT2D eigenvalue weighted by molar-refractivity contribution is 0.140. The van der Waals surface area contributed by atoms with Gasteiger partial charge in [-0.05, 0) is 13.3 Å². The second-order valence-electron chi connectivity index (χ2n) is 3.61. The zero-order valence-corrected chi connectivity index (χ0v) is 9.98. The number of rotatable bonds is 9. The first-order chi connectivity index (χ1) is 7.84. The van der Waals surface area contributed by atoms with Gasteiger partial charge in [0, 0.05) is 32.0 Å². The number of nitrogens with one attached hydrogen (secondary N) is 1. The van der Waals surface area contributed by atoms with Crippen LogP contribution in [0.15, 0.2) is 25.0 Å². The highest BCUT2D eigenvalue weighted by atomic mass is 16.5. The van der Waals surface area contributed by atoms with Gasteiger partial charge in [-0.25, -0.2) is 4.98 Å². The molecule has 1 rings (SSSR count). The highest BCUT2D eigenvalue weighted by Gasteiger charge is 1.95. The van der Waals surface area contributed by atoms with Gasteiger partial charge in [0.2, 0.25) is 0 Å². The van der Waals surface area contributed by atoms with Gasteiger partial charge in [0.15, 0.2) is 0 Å². The molecule has 1 aromatic heterocycles. The lowest BCUT2D eigenvalue weighted by Gasteiger charge is -2.07. The Kier molecular flexibility index (Phi) is 6.53. The maximum atomic E-state index is 5.38.